The summed E-state index contributed by atoms with van der Waals surface area (Å²) in [5.74, 6) is -1.97. The monoisotopic (exact) mass is 282 g/mol. The van der Waals surface area contributed by atoms with Crippen LogP contribution >= 0.6 is 0 Å². The Morgan fingerprint density at radius 3 is 2.60 bits per heavy atom. The fraction of sp³-hybridized carbons (Fsp3) is 0.643. The molecule has 6 heteroatoms. The third-order valence-electron chi connectivity index (χ3n) is 3.30. The number of carboxylic acids is 1. The summed E-state index contributed by atoms with van der Waals surface area (Å²) >= 11 is 0. The molecule has 0 fully saturated rings. The molecule has 112 valence electrons. The lowest BCUT2D eigenvalue weighted by Gasteiger charge is -2.22. The molecule has 6 nitrogen and oxygen atoms in total. The number of nitrogens with zero attached hydrogens (tertiary/aromatic N) is 2. The zero-order valence-corrected chi connectivity index (χ0v) is 12.2. The van der Waals surface area contributed by atoms with Gasteiger partial charge in [0.25, 0.3) is 0 Å². The molecule has 0 aliphatic heterocycles. The molecule has 0 saturated carbocycles. The first-order chi connectivity index (χ1) is 9.47. The van der Waals surface area contributed by atoms with E-state index in [0.29, 0.717) is 19.3 Å². The number of hydrogen-bond donors (Lipinski definition) is 1. The van der Waals surface area contributed by atoms with Gasteiger partial charge >= 0.3 is 11.9 Å². The van der Waals surface area contributed by atoms with Gasteiger partial charge in [0.2, 0.25) is 0 Å². The van der Waals surface area contributed by atoms with E-state index in [1.165, 1.54) is 0 Å². The third kappa shape index (κ3) is 4.68. The Kier molecular flexibility index (Phi) is 6.21. The van der Waals surface area contributed by atoms with Gasteiger partial charge in [-0.3, -0.25) is 9.59 Å². The van der Waals surface area contributed by atoms with E-state index in [0.717, 1.165) is 5.69 Å². The molecule has 0 spiro atoms. The maximum absolute atomic E-state index is 11.3. The molecular formula is C14H22N2O4. The van der Waals surface area contributed by atoms with Crippen LogP contribution in [0.15, 0.2) is 12.5 Å². The molecule has 1 rings (SSSR count). The number of aliphatic carboxylic acids is 1. The summed E-state index contributed by atoms with van der Waals surface area (Å²) in [7, 11) is 1.86. The van der Waals surface area contributed by atoms with E-state index in [1.807, 2.05) is 24.7 Å². The predicted molar refractivity (Wildman–Crippen MR) is 73.1 cm³/mol. The lowest BCUT2D eigenvalue weighted by molar-refractivity contribution is -0.151. The van der Waals surface area contributed by atoms with Crippen molar-refractivity contribution in [3.63, 3.8) is 0 Å². The van der Waals surface area contributed by atoms with E-state index in [-0.39, 0.29) is 18.5 Å². The lowest BCUT2D eigenvalue weighted by atomic mass is 9.87. The SMILES string of the molecule is CCC(=O)OCC(Cc1cn(C)cn1)C(CC)C(=O)O. The standard InChI is InChI=1S/C14H22N2O4/c1-4-12(14(18)19)10(8-20-13(17)5-2)6-11-7-16(3)9-15-11/h7,9-10,12H,4-6,8H2,1-3H3,(H,18,19). The Morgan fingerprint density at radius 2 is 2.15 bits per heavy atom. The first-order valence-electron chi connectivity index (χ1n) is 6.83. The number of ether oxygens (including phenoxy) is 1. The van der Waals surface area contributed by atoms with Gasteiger partial charge in [0.1, 0.15) is 0 Å². The van der Waals surface area contributed by atoms with Gasteiger partial charge in [-0.15, -0.1) is 0 Å². The van der Waals surface area contributed by atoms with Crippen LogP contribution in [-0.2, 0) is 27.8 Å². The molecule has 1 heterocycles. The van der Waals surface area contributed by atoms with Gasteiger partial charge in [-0.2, -0.15) is 0 Å². The maximum Gasteiger partial charge on any atom is 0.306 e. The number of rotatable bonds is 8. The number of carboxylic acid groups (broad SMARTS) is 1. The van der Waals surface area contributed by atoms with Crippen molar-refractivity contribution in [2.75, 3.05) is 6.61 Å². The van der Waals surface area contributed by atoms with Crippen LogP contribution < -0.4 is 0 Å². The molecule has 0 radical (unpaired) electrons. The minimum Gasteiger partial charge on any atom is -0.481 e. The van der Waals surface area contributed by atoms with Crippen LogP contribution in [0.3, 0.4) is 0 Å². The molecular weight excluding hydrogens is 260 g/mol. The van der Waals surface area contributed by atoms with Gasteiger partial charge in [0.05, 0.1) is 24.5 Å². The lowest BCUT2D eigenvalue weighted by Crippen LogP contribution is -2.29. The third-order valence-corrected chi connectivity index (χ3v) is 3.30. The minimum absolute atomic E-state index is 0.119. The van der Waals surface area contributed by atoms with Gasteiger partial charge < -0.3 is 14.4 Å². The summed E-state index contributed by atoms with van der Waals surface area (Å²) in [6.07, 6.45) is 4.80. The van der Waals surface area contributed by atoms with Gasteiger partial charge in [-0.1, -0.05) is 13.8 Å². The minimum atomic E-state index is -0.860. The van der Waals surface area contributed by atoms with E-state index in [9.17, 15) is 14.7 Å². The summed E-state index contributed by atoms with van der Waals surface area (Å²) in [4.78, 5) is 26.8. The zero-order chi connectivity index (χ0) is 15.1. The second-order valence-electron chi connectivity index (χ2n) is 4.88. The molecule has 0 aliphatic rings. The molecule has 0 aromatic carbocycles. The Labute approximate surface area is 118 Å². The summed E-state index contributed by atoms with van der Waals surface area (Å²) < 4.78 is 6.94. The van der Waals surface area contributed by atoms with Crippen LogP contribution in [0.25, 0.3) is 0 Å². The molecule has 1 aromatic heterocycles. The second-order valence-corrected chi connectivity index (χ2v) is 4.88. The molecule has 0 amide bonds. The summed E-state index contributed by atoms with van der Waals surface area (Å²) in [5.41, 5.74) is 0.810. The van der Waals surface area contributed by atoms with Crippen molar-refractivity contribution in [2.45, 2.75) is 33.1 Å². The maximum atomic E-state index is 11.3. The molecule has 2 atom stereocenters. The van der Waals surface area contributed by atoms with Crippen molar-refractivity contribution in [1.29, 1.82) is 0 Å². The van der Waals surface area contributed by atoms with Crippen molar-refractivity contribution >= 4 is 11.9 Å². The van der Waals surface area contributed by atoms with E-state index < -0.39 is 11.9 Å². The van der Waals surface area contributed by atoms with E-state index in [1.54, 1.807) is 13.3 Å². The van der Waals surface area contributed by atoms with Crippen LogP contribution in [-0.4, -0.2) is 33.2 Å². The molecule has 1 aromatic rings. The van der Waals surface area contributed by atoms with Crippen LogP contribution in [0.1, 0.15) is 32.4 Å². The number of hydrogen-bond acceptors (Lipinski definition) is 4. The van der Waals surface area contributed by atoms with Crippen molar-refractivity contribution in [3.8, 4) is 0 Å². The number of carbonyl (C=O) groups is 2. The highest BCUT2D eigenvalue weighted by atomic mass is 16.5. The van der Waals surface area contributed by atoms with Crippen molar-refractivity contribution in [1.82, 2.24) is 9.55 Å². The fourth-order valence-corrected chi connectivity index (χ4v) is 2.17. The number of aryl methyl sites for hydroxylation is 1. The predicted octanol–water partition coefficient (Wildman–Crippen LogP) is 1.64. The highest BCUT2D eigenvalue weighted by Gasteiger charge is 2.28. The first kappa shape index (κ1) is 16.2. The Hall–Kier alpha value is -1.85. The van der Waals surface area contributed by atoms with E-state index in [2.05, 4.69) is 4.98 Å². The van der Waals surface area contributed by atoms with Gasteiger partial charge in [-0.25, -0.2) is 4.98 Å². The number of esters is 1. The summed E-state index contributed by atoms with van der Waals surface area (Å²) in [6, 6.07) is 0. The molecule has 20 heavy (non-hydrogen) atoms. The Bertz CT molecular complexity index is 456. The van der Waals surface area contributed by atoms with Crippen molar-refractivity contribution in [3.05, 3.63) is 18.2 Å². The number of imidazole rings is 1. The summed E-state index contributed by atoms with van der Waals surface area (Å²) in [6.45, 7) is 3.66. The van der Waals surface area contributed by atoms with Crippen molar-refractivity contribution in [2.24, 2.45) is 18.9 Å². The number of carbonyl (C=O) groups excluding carboxylic acids is 1. The Balaban J connectivity index is 2.77. The second kappa shape index (κ2) is 7.67. The van der Waals surface area contributed by atoms with Crippen LogP contribution in [0.5, 0.6) is 0 Å². The molecule has 0 aliphatic carbocycles. The topological polar surface area (TPSA) is 81.4 Å². The van der Waals surface area contributed by atoms with Crippen molar-refractivity contribution < 1.29 is 19.4 Å². The first-order valence-corrected chi connectivity index (χ1v) is 6.83. The summed E-state index contributed by atoms with van der Waals surface area (Å²) in [5, 5.41) is 9.28. The molecule has 2 unspecified atom stereocenters. The van der Waals surface area contributed by atoms with Crippen LogP contribution in [0.2, 0.25) is 0 Å². The molecule has 0 saturated heterocycles. The average molecular weight is 282 g/mol. The number of aromatic nitrogens is 2. The van der Waals surface area contributed by atoms with Crippen LogP contribution in [0.4, 0.5) is 0 Å². The average Bonchev–Trinajstić information content (AvgIpc) is 2.81. The van der Waals surface area contributed by atoms with E-state index in [4.69, 9.17) is 4.74 Å². The smallest absolute Gasteiger partial charge is 0.306 e. The molecule has 0 bridgehead atoms. The Morgan fingerprint density at radius 1 is 1.45 bits per heavy atom. The highest BCUT2D eigenvalue weighted by Crippen LogP contribution is 2.21. The van der Waals surface area contributed by atoms with Gasteiger partial charge in [-0.05, 0) is 12.8 Å². The largest absolute Gasteiger partial charge is 0.481 e. The quantitative estimate of drug-likeness (QED) is 0.733. The van der Waals surface area contributed by atoms with Gasteiger partial charge in [0.15, 0.2) is 0 Å². The highest BCUT2D eigenvalue weighted by molar-refractivity contribution is 5.71. The fourth-order valence-electron chi connectivity index (χ4n) is 2.17. The normalized spacial score (nSPS) is 13.8. The zero-order valence-electron chi connectivity index (χ0n) is 12.2. The molecule has 1 N–H and O–H groups in total. The van der Waals surface area contributed by atoms with Crippen LogP contribution in [0, 0.1) is 11.8 Å². The van der Waals surface area contributed by atoms with Gasteiger partial charge in [0, 0.05) is 25.6 Å². The van der Waals surface area contributed by atoms with E-state index >= 15 is 0 Å².